The van der Waals surface area contributed by atoms with E-state index in [4.69, 9.17) is 0 Å². The van der Waals surface area contributed by atoms with Gasteiger partial charge in [-0.25, -0.2) is 21.2 Å². The fourth-order valence-electron chi connectivity index (χ4n) is 3.06. The van der Waals surface area contributed by atoms with E-state index in [1.165, 1.54) is 16.4 Å². The van der Waals surface area contributed by atoms with Crippen molar-refractivity contribution < 1.29 is 21.2 Å². The number of aryl methyl sites for hydroxylation is 1. The molecule has 1 heterocycles. The first-order valence-corrected chi connectivity index (χ1v) is 11.3. The summed E-state index contributed by atoms with van der Waals surface area (Å²) in [6.45, 7) is 2.16. The minimum atomic E-state index is -3.63. The number of hydrogen-bond donors (Lipinski definition) is 0. The summed E-state index contributed by atoms with van der Waals surface area (Å²) >= 11 is 0. The molecule has 1 saturated heterocycles. The Balaban J connectivity index is 1.74. The van der Waals surface area contributed by atoms with E-state index in [1.54, 1.807) is 24.3 Å². The Labute approximate surface area is 153 Å². The zero-order chi connectivity index (χ0) is 18.9. The molecule has 0 radical (unpaired) electrons. The summed E-state index contributed by atoms with van der Waals surface area (Å²) in [7, 11) is -7.24. The second-order valence-corrected chi connectivity index (χ2v) is 10.6. The molecule has 5 nitrogen and oxygen atoms in total. The molecule has 1 aliphatic heterocycles. The van der Waals surface area contributed by atoms with E-state index in [2.05, 4.69) is 0 Å². The smallest absolute Gasteiger partial charge is 0.223 e. The second kappa shape index (κ2) is 7.09. The number of benzene rings is 2. The highest BCUT2D eigenvalue weighted by molar-refractivity contribution is 7.92. The van der Waals surface area contributed by atoms with E-state index in [1.807, 2.05) is 6.92 Å². The standard InChI is InChI=1S/C18H20FNO4S2/c1-14-2-6-18(7-3-14)26(23,24)20-12-10-17(11-13-20)25(21,22)16-8-4-15(19)5-9-16/h2-9,17H,10-13H2,1H3. The van der Waals surface area contributed by atoms with Crippen molar-refractivity contribution in [1.29, 1.82) is 0 Å². The van der Waals surface area contributed by atoms with Crippen LogP contribution in [0.25, 0.3) is 0 Å². The molecule has 2 aromatic carbocycles. The molecule has 0 aliphatic carbocycles. The van der Waals surface area contributed by atoms with Crippen molar-refractivity contribution in [3.63, 3.8) is 0 Å². The summed E-state index contributed by atoms with van der Waals surface area (Å²) in [6.07, 6.45) is 0.426. The maximum atomic E-state index is 13.0. The van der Waals surface area contributed by atoms with Crippen molar-refractivity contribution >= 4 is 19.9 Å². The predicted octanol–water partition coefficient (Wildman–Crippen LogP) is 2.76. The Morgan fingerprint density at radius 2 is 1.35 bits per heavy atom. The van der Waals surface area contributed by atoms with Gasteiger partial charge in [-0.05, 0) is 56.2 Å². The van der Waals surface area contributed by atoms with E-state index in [0.29, 0.717) is 0 Å². The van der Waals surface area contributed by atoms with Crippen LogP contribution in [0.2, 0.25) is 0 Å². The fraction of sp³-hybridized carbons (Fsp3) is 0.333. The van der Waals surface area contributed by atoms with E-state index in [-0.39, 0.29) is 35.7 Å². The van der Waals surface area contributed by atoms with Crippen molar-refractivity contribution in [2.45, 2.75) is 34.8 Å². The Morgan fingerprint density at radius 3 is 1.88 bits per heavy atom. The second-order valence-electron chi connectivity index (χ2n) is 6.42. The van der Waals surface area contributed by atoms with Gasteiger partial charge in [-0.3, -0.25) is 0 Å². The summed E-state index contributed by atoms with van der Waals surface area (Å²) in [5, 5.41) is -0.669. The molecule has 0 bridgehead atoms. The summed E-state index contributed by atoms with van der Waals surface area (Å²) in [5.41, 5.74) is 0.966. The van der Waals surface area contributed by atoms with Gasteiger partial charge in [0.2, 0.25) is 10.0 Å². The molecule has 3 rings (SSSR count). The van der Waals surface area contributed by atoms with Crippen LogP contribution in [0.15, 0.2) is 58.3 Å². The van der Waals surface area contributed by atoms with Crippen LogP contribution in [0, 0.1) is 12.7 Å². The largest absolute Gasteiger partial charge is 0.243 e. The molecule has 140 valence electrons. The van der Waals surface area contributed by atoms with Gasteiger partial charge in [-0.2, -0.15) is 4.31 Å². The Hall–Kier alpha value is -1.77. The maximum Gasteiger partial charge on any atom is 0.243 e. The van der Waals surface area contributed by atoms with E-state index >= 15 is 0 Å². The highest BCUT2D eigenvalue weighted by Crippen LogP contribution is 2.27. The molecule has 0 unspecified atom stereocenters. The normalized spacial score (nSPS) is 17.3. The monoisotopic (exact) mass is 397 g/mol. The SMILES string of the molecule is Cc1ccc(S(=O)(=O)N2CCC(S(=O)(=O)c3ccc(F)cc3)CC2)cc1. The first-order chi connectivity index (χ1) is 12.2. The van der Waals surface area contributed by atoms with Crippen molar-refractivity contribution in [2.75, 3.05) is 13.1 Å². The molecule has 1 fully saturated rings. The van der Waals surface area contributed by atoms with E-state index in [0.717, 1.165) is 17.7 Å². The Kier molecular flexibility index (Phi) is 5.18. The number of hydrogen-bond acceptors (Lipinski definition) is 4. The van der Waals surface area contributed by atoms with Crippen LogP contribution in [0.3, 0.4) is 0 Å². The highest BCUT2D eigenvalue weighted by atomic mass is 32.2. The Morgan fingerprint density at radius 1 is 0.846 bits per heavy atom. The zero-order valence-corrected chi connectivity index (χ0v) is 15.9. The van der Waals surface area contributed by atoms with Crippen LogP contribution in [0.5, 0.6) is 0 Å². The molecule has 0 aromatic heterocycles. The lowest BCUT2D eigenvalue weighted by atomic mass is 10.2. The topological polar surface area (TPSA) is 71.5 Å². The van der Waals surface area contributed by atoms with Crippen LogP contribution in [-0.4, -0.2) is 39.5 Å². The molecule has 2 aromatic rings. The van der Waals surface area contributed by atoms with Crippen LogP contribution < -0.4 is 0 Å². The van der Waals surface area contributed by atoms with Gasteiger partial charge in [0.05, 0.1) is 15.0 Å². The van der Waals surface area contributed by atoms with Crippen molar-refractivity contribution in [3.05, 3.63) is 59.9 Å². The van der Waals surface area contributed by atoms with Crippen LogP contribution in [0.4, 0.5) is 4.39 Å². The van der Waals surface area contributed by atoms with Crippen LogP contribution >= 0.6 is 0 Å². The molecule has 0 N–H and O–H groups in total. The minimum absolute atomic E-state index is 0.0683. The van der Waals surface area contributed by atoms with Gasteiger partial charge < -0.3 is 0 Å². The van der Waals surface area contributed by atoms with Crippen LogP contribution in [0.1, 0.15) is 18.4 Å². The average Bonchev–Trinajstić information content (AvgIpc) is 2.62. The number of piperidine rings is 1. The fourth-order valence-corrected chi connectivity index (χ4v) is 6.26. The zero-order valence-electron chi connectivity index (χ0n) is 14.3. The number of sulfonamides is 1. The molecular weight excluding hydrogens is 377 g/mol. The van der Waals surface area contributed by atoms with Gasteiger partial charge in [0.25, 0.3) is 0 Å². The van der Waals surface area contributed by atoms with Gasteiger partial charge in [0.15, 0.2) is 9.84 Å². The van der Waals surface area contributed by atoms with E-state index in [9.17, 15) is 21.2 Å². The summed E-state index contributed by atoms with van der Waals surface area (Å²) in [5.74, 6) is -0.497. The van der Waals surface area contributed by atoms with Gasteiger partial charge in [0.1, 0.15) is 5.82 Å². The molecule has 8 heteroatoms. The number of sulfone groups is 1. The highest BCUT2D eigenvalue weighted by Gasteiger charge is 2.35. The van der Waals surface area contributed by atoms with Crippen LogP contribution in [-0.2, 0) is 19.9 Å². The van der Waals surface area contributed by atoms with Gasteiger partial charge in [0, 0.05) is 13.1 Å². The molecule has 0 saturated carbocycles. The number of rotatable bonds is 4. The molecule has 0 spiro atoms. The third-order valence-electron chi connectivity index (χ3n) is 4.64. The summed E-state index contributed by atoms with van der Waals surface area (Å²) in [6, 6.07) is 11.3. The molecule has 0 atom stereocenters. The maximum absolute atomic E-state index is 13.0. The van der Waals surface area contributed by atoms with Crippen molar-refractivity contribution in [1.82, 2.24) is 4.31 Å². The first-order valence-electron chi connectivity index (χ1n) is 8.27. The quantitative estimate of drug-likeness (QED) is 0.744. The van der Waals surface area contributed by atoms with Crippen molar-refractivity contribution in [3.8, 4) is 0 Å². The first kappa shape index (κ1) is 19.0. The predicted molar refractivity (Wildman–Crippen MR) is 96.5 cm³/mol. The molecule has 26 heavy (non-hydrogen) atoms. The average molecular weight is 397 g/mol. The molecular formula is C18H20FNO4S2. The Bertz CT molecular complexity index is 893. The number of halogens is 1. The molecule has 1 aliphatic rings. The van der Waals surface area contributed by atoms with Gasteiger partial charge >= 0.3 is 0 Å². The van der Waals surface area contributed by atoms with E-state index < -0.39 is 30.9 Å². The third kappa shape index (κ3) is 3.67. The third-order valence-corrected chi connectivity index (χ3v) is 8.83. The van der Waals surface area contributed by atoms with Crippen molar-refractivity contribution in [2.24, 2.45) is 0 Å². The lowest BCUT2D eigenvalue weighted by Gasteiger charge is -2.31. The lowest BCUT2D eigenvalue weighted by molar-refractivity contribution is 0.345. The molecule has 0 amide bonds. The summed E-state index contributed by atoms with van der Waals surface area (Å²) in [4.78, 5) is 0.279. The summed E-state index contributed by atoms with van der Waals surface area (Å²) < 4.78 is 65.1. The van der Waals surface area contributed by atoms with Gasteiger partial charge in [-0.15, -0.1) is 0 Å². The minimum Gasteiger partial charge on any atom is -0.223 e. The number of nitrogens with zero attached hydrogens (tertiary/aromatic N) is 1. The lowest BCUT2D eigenvalue weighted by Crippen LogP contribution is -2.42. The van der Waals surface area contributed by atoms with Gasteiger partial charge in [-0.1, -0.05) is 17.7 Å².